The van der Waals surface area contributed by atoms with Crippen molar-refractivity contribution >= 4 is 39.7 Å². The molecule has 3 heterocycles. The molecule has 3 rings (SSSR count). The number of hydrogen-bond acceptors (Lipinski definition) is 8. The lowest BCUT2D eigenvalue weighted by Gasteiger charge is -2.06. The number of rotatable bonds is 6. The van der Waals surface area contributed by atoms with Crippen molar-refractivity contribution in [3.05, 3.63) is 50.6 Å². The van der Waals surface area contributed by atoms with E-state index < -0.39 is 11.9 Å². The van der Waals surface area contributed by atoms with E-state index in [1.807, 2.05) is 31.4 Å². The molecule has 1 amide bonds. The van der Waals surface area contributed by atoms with E-state index in [-0.39, 0.29) is 28.8 Å². The van der Waals surface area contributed by atoms with Gasteiger partial charge in [-0.1, -0.05) is 19.9 Å². The summed E-state index contributed by atoms with van der Waals surface area (Å²) in [5.74, 6) is -0.968. The van der Waals surface area contributed by atoms with Crippen LogP contribution < -0.4 is 10.9 Å². The zero-order chi connectivity index (χ0) is 20.3. The summed E-state index contributed by atoms with van der Waals surface area (Å²) in [6.07, 6.45) is 0. The maximum atomic E-state index is 12.4. The molecule has 0 aromatic carbocycles. The molecule has 0 unspecified atom stereocenters. The summed E-state index contributed by atoms with van der Waals surface area (Å²) in [7, 11) is 1.28. The molecule has 10 heteroatoms. The molecule has 0 atom stereocenters. The van der Waals surface area contributed by atoms with Gasteiger partial charge in [0.05, 0.1) is 12.0 Å². The molecule has 0 aliphatic rings. The zero-order valence-electron chi connectivity index (χ0n) is 15.5. The highest BCUT2D eigenvalue weighted by molar-refractivity contribution is 7.16. The number of thiophene rings is 1. The van der Waals surface area contributed by atoms with Crippen LogP contribution in [0.15, 0.2) is 34.4 Å². The van der Waals surface area contributed by atoms with Crippen LogP contribution in [0.5, 0.6) is 0 Å². The first-order chi connectivity index (χ1) is 13.4. The normalized spacial score (nSPS) is 10.9. The van der Waals surface area contributed by atoms with E-state index in [1.54, 1.807) is 6.07 Å². The van der Waals surface area contributed by atoms with Crippen LogP contribution >= 0.6 is 22.7 Å². The van der Waals surface area contributed by atoms with E-state index >= 15 is 0 Å². The quantitative estimate of drug-likeness (QED) is 0.617. The molecular weight excluding hydrogens is 400 g/mol. The molecule has 146 valence electrons. The van der Waals surface area contributed by atoms with Crippen LogP contribution in [0.3, 0.4) is 0 Å². The number of nitrogens with one attached hydrogen (secondary N) is 1. The summed E-state index contributed by atoms with van der Waals surface area (Å²) in [6.45, 7) is 3.58. The molecule has 0 aliphatic heterocycles. The van der Waals surface area contributed by atoms with Gasteiger partial charge in [0.2, 0.25) is 5.91 Å². The van der Waals surface area contributed by atoms with Gasteiger partial charge in [0.15, 0.2) is 10.8 Å². The van der Waals surface area contributed by atoms with Gasteiger partial charge in [-0.2, -0.15) is 5.10 Å². The van der Waals surface area contributed by atoms with Crippen molar-refractivity contribution in [3.63, 3.8) is 0 Å². The Morgan fingerprint density at radius 3 is 2.71 bits per heavy atom. The second kappa shape index (κ2) is 8.44. The molecule has 0 saturated heterocycles. The summed E-state index contributed by atoms with van der Waals surface area (Å²) in [4.78, 5) is 42.1. The van der Waals surface area contributed by atoms with Crippen molar-refractivity contribution in [2.45, 2.75) is 26.3 Å². The molecule has 3 aromatic rings. The topological polar surface area (TPSA) is 103 Å². The third-order valence-corrected chi connectivity index (χ3v) is 5.90. The van der Waals surface area contributed by atoms with Crippen LogP contribution in [-0.4, -0.2) is 33.8 Å². The fourth-order valence-corrected chi connectivity index (χ4v) is 4.09. The fraction of sp³-hybridized carbons (Fsp3) is 0.278. The summed E-state index contributed by atoms with van der Waals surface area (Å²) in [5.41, 5.74) is 0.423. The van der Waals surface area contributed by atoms with Crippen LogP contribution in [0.25, 0.3) is 10.6 Å². The molecule has 0 saturated carbocycles. The summed E-state index contributed by atoms with van der Waals surface area (Å²) >= 11 is 2.70. The number of aromatic nitrogens is 3. The highest BCUT2D eigenvalue weighted by Gasteiger charge is 2.22. The van der Waals surface area contributed by atoms with E-state index in [1.165, 1.54) is 35.8 Å². The highest BCUT2D eigenvalue weighted by atomic mass is 32.1. The summed E-state index contributed by atoms with van der Waals surface area (Å²) in [5, 5.41) is 9.07. The van der Waals surface area contributed by atoms with Crippen LogP contribution in [-0.2, 0) is 16.1 Å². The van der Waals surface area contributed by atoms with Crippen LogP contribution in [0.4, 0.5) is 5.13 Å². The molecule has 8 nitrogen and oxygen atoms in total. The van der Waals surface area contributed by atoms with Crippen molar-refractivity contribution in [1.29, 1.82) is 0 Å². The molecule has 0 bridgehead atoms. The monoisotopic (exact) mass is 418 g/mol. The zero-order valence-corrected chi connectivity index (χ0v) is 17.1. The van der Waals surface area contributed by atoms with Gasteiger partial charge >= 0.3 is 5.97 Å². The van der Waals surface area contributed by atoms with Crippen molar-refractivity contribution in [2.24, 2.45) is 0 Å². The number of hydrogen-bond donors (Lipinski definition) is 1. The van der Waals surface area contributed by atoms with Gasteiger partial charge in [0.25, 0.3) is 5.56 Å². The van der Waals surface area contributed by atoms with Crippen LogP contribution in [0.2, 0.25) is 0 Å². The summed E-state index contributed by atoms with van der Waals surface area (Å²) in [6, 6.07) is 6.78. The maximum absolute atomic E-state index is 12.4. The molecule has 28 heavy (non-hydrogen) atoms. The lowest BCUT2D eigenvalue weighted by atomic mass is 10.1. The minimum absolute atomic E-state index is 0.0454. The lowest BCUT2D eigenvalue weighted by molar-refractivity contribution is -0.117. The molecule has 0 fully saturated rings. The molecule has 0 spiro atoms. The van der Waals surface area contributed by atoms with E-state index in [0.29, 0.717) is 5.69 Å². The molecule has 3 aromatic heterocycles. The predicted octanol–water partition coefficient (Wildman–Crippen LogP) is 2.98. The fourth-order valence-electron chi connectivity index (χ4n) is 2.43. The van der Waals surface area contributed by atoms with Gasteiger partial charge in [-0.05, 0) is 23.4 Å². The Kier molecular flexibility index (Phi) is 6.00. The predicted molar refractivity (Wildman–Crippen MR) is 108 cm³/mol. The minimum Gasteiger partial charge on any atom is -0.464 e. The number of amides is 1. The molecule has 1 N–H and O–H groups in total. The Bertz CT molecular complexity index is 1050. The van der Waals surface area contributed by atoms with Crippen molar-refractivity contribution in [3.8, 4) is 10.6 Å². The maximum Gasteiger partial charge on any atom is 0.357 e. The number of carbonyl (C=O) groups excluding carboxylic acids is 2. The van der Waals surface area contributed by atoms with Gasteiger partial charge in [-0.3, -0.25) is 9.59 Å². The van der Waals surface area contributed by atoms with Crippen molar-refractivity contribution in [2.75, 3.05) is 12.4 Å². The first kappa shape index (κ1) is 19.9. The molecule has 0 aliphatic carbocycles. The van der Waals surface area contributed by atoms with E-state index in [0.717, 1.165) is 14.4 Å². The third-order valence-electron chi connectivity index (χ3n) is 3.74. The van der Waals surface area contributed by atoms with E-state index in [4.69, 9.17) is 4.74 Å². The number of carbonyl (C=O) groups is 2. The van der Waals surface area contributed by atoms with E-state index in [9.17, 15) is 14.4 Å². The number of methoxy groups -OCH3 is 1. The number of esters is 1. The Balaban J connectivity index is 1.79. The molecular formula is C18H18N4O4S2. The highest BCUT2D eigenvalue weighted by Crippen LogP contribution is 2.30. The van der Waals surface area contributed by atoms with E-state index in [2.05, 4.69) is 15.4 Å². The Labute approximate surface area is 168 Å². The second-order valence-corrected chi connectivity index (χ2v) is 8.10. The first-order valence-electron chi connectivity index (χ1n) is 8.40. The SMILES string of the molecule is COC(=O)c1nc(NC(=O)Cn2nc(-c3cccs3)ccc2=O)sc1C(C)C. The van der Waals surface area contributed by atoms with Gasteiger partial charge in [0.1, 0.15) is 12.2 Å². The van der Waals surface area contributed by atoms with Crippen LogP contribution in [0.1, 0.15) is 35.1 Å². The first-order valence-corrected chi connectivity index (χ1v) is 10.1. The lowest BCUT2D eigenvalue weighted by Crippen LogP contribution is -2.29. The average Bonchev–Trinajstić information content (AvgIpc) is 3.33. The van der Waals surface area contributed by atoms with Gasteiger partial charge < -0.3 is 10.1 Å². The minimum atomic E-state index is -0.554. The Morgan fingerprint density at radius 1 is 1.29 bits per heavy atom. The van der Waals surface area contributed by atoms with Crippen molar-refractivity contribution in [1.82, 2.24) is 14.8 Å². The number of ether oxygens (including phenoxy) is 1. The standard InChI is InChI=1S/C18H18N4O4S2/c1-10(2)16-15(17(25)26-3)20-18(28-16)19-13(23)9-22-14(24)7-6-11(21-22)12-5-4-8-27-12/h4-8,10H,9H2,1-3H3,(H,19,20,23). The smallest absolute Gasteiger partial charge is 0.357 e. The second-order valence-electron chi connectivity index (χ2n) is 6.12. The van der Waals surface area contributed by atoms with Gasteiger partial charge in [0, 0.05) is 10.9 Å². The number of nitrogens with zero attached hydrogens (tertiary/aromatic N) is 3. The van der Waals surface area contributed by atoms with Gasteiger partial charge in [-0.15, -0.1) is 22.7 Å². The average molecular weight is 419 g/mol. The largest absolute Gasteiger partial charge is 0.464 e. The Hall–Kier alpha value is -2.85. The Morgan fingerprint density at radius 2 is 2.07 bits per heavy atom. The molecule has 0 radical (unpaired) electrons. The van der Waals surface area contributed by atoms with Crippen LogP contribution in [0, 0.1) is 0 Å². The summed E-state index contributed by atoms with van der Waals surface area (Å²) < 4.78 is 5.84. The third kappa shape index (κ3) is 4.34. The van der Waals surface area contributed by atoms with Gasteiger partial charge in [-0.25, -0.2) is 14.5 Å². The number of thiazole rings is 1. The number of anilines is 1. The van der Waals surface area contributed by atoms with Crippen molar-refractivity contribution < 1.29 is 14.3 Å².